The zero-order valence-corrected chi connectivity index (χ0v) is 14.7. The van der Waals surface area contributed by atoms with Crippen molar-refractivity contribution in [3.05, 3.63) is 88.9 Å². The number of nitrogens with one attached hydrogen (secondary N) is 2. The van der Waals surface area contributed by atoms with Crippen molar-refractivity contribution in [3.8, 4) is 0 Å². The predicted molar refractivity (Wildman–Crippen MR) is 100 cm³/mol. The lowest BCUT2D eigenvalue weighted by Crippen LogP contribution is -2.22. The Morgan fingerprint density at radius 2 is 1.42 bits per heavy atom. The minimum Gasteiger partial charge on any atom is -0.454 e. The Morgan fingerprint density at radius 3 is 2.08 bits per heavy atom. The van der Waals surface area contributed by atoms with Crippen LogP contribution in [0.5, 0.6) is 0 Å². The van der Waals surface area contributed by atoms with E-state index in [0.29, 0.717) is 17.0 Å². The van der Waals surface area contributed by atoms with Crippen LogP contribution < -0.4 is 10.6 Å². The van der Waals surface area contributed by atoms with Crippen molar-refractivity contribution >= 4 is 17.5 Å². The minimum atomic E-state index is -0.329. The second kappa shape index (κ2) is 7.70. The van der Waals surface area contributed by atoms with Gasteiger partial charge in [0.25, 0.3) is 11.8 Å². The summed E-state index contributed by atoms with van der Waals surface area (Å²) >= 11 is 0. The van der Waals surface area contributed by atoms with Gasteiger partial charge >= 0.3 is 0 Å². The van der Waals surface area contributed by atoms with E-state index in [4.69, 9.17) is 4.42 Å². The minimum absolute atomic E-state index is 0.188. The van der Waals surface area contributed by atoms with Gasteiger partial charge in [-0.2, -0.15) is 0 Å². The van der Waals surface area contributed by atoms with Crippen LogP contribution in [0, 0.1) is 13.8 Å². The van der Waals surface area contributed by atoms with Gasteiger partial charge in [0.05, 0.1) is 6.54 Å². The normalized spacial score (nSPS) is 10.4. The topological polar surface area (TPSA) is 71.3 Å². The van der Waals surface area contributed by atoms with E-state index in [1.807, 2.05) is 50.2 Å². The number of carbonyl (C=O) groups excluding carboxylic acids is 2. The molecular weight excluding hydrogens is 328 g/mol. The first-order valence-electron chi connectivity index (χ1n) is 8.33. The summed E-state index contributed by atoms with van der Waals surface area (Å²) in [5.41, 5.74) is 3.50. The first-order chi connectivity index (χ1) is 12.5. The quantitative estimate of drug-likeness (QED) is 0.730. The van der Waals surface area contributed by atoms with Crippen LogP contribution >= 0.6 is 0 Å². The van der Waals surface area contributed by atoms with Gasteiger partial charge in [-0.05, 0) is 50.2 Å². The molecule has 0 atom stereocenters. The van der Waals surface area contributed by atoms with E-state index < -0.39 is 0 Å². The van der Waals surface area contributed by atoms with Gasteiger partial charge in [0, 0.05) is 11.3 Å². The third kappa shape index (κ3) is 4.39. The van der Waals surface area contributed by atoms with E-state index >= 15 is 0 Å². The molecule has 2 aromatic carbocycles. The van der Waals surface area contributed by atoms with Crippen molar-refractivity contribution in [1.82, 2.24) is 5.32 Å². The summed E-state index contributed by atoms with van der Waals surface area (Å²) in [6, 6.07) is 18.1. The van der Waals surface area contributed by atoms with Gasteiger partial charge in [-0.1, -0.05) is 35.4 Å². The van der Waals surface area contributed by atoms with E-state index in [9.17, 15) is 9.59 Å². The van der Waals surface area contributed by atoms with Crippen LogP contribution in [0.25, 0.3) is 0 Å². The van der Waals surface area contributed by atoms with Gasteiger partial charge in [0.1, 0.15) is 5.76 Å². The SMILES string of the molecule is Cc1ccc(NC(=O)c2ccc(CNC(=O)c3ccc(C)cc3)o2)cc1. The molecule has 0 saturated carbocycles. The van der Waals surface area contributed by atoms with E-state index in [2.05, 4.69) is 10.6 Å². The Bertz CT molecular complexity index is 909. The molecule has 0 fully saturated rings. The maximum absolute atomic E-state index is 12.2. The summed E-state index contributed by atoms with van der Waals surface area (Å²) < 4.78 is 5.52. The second-order valence-corrected chi connectivity index (χ2v) is 6.13. The Labute approximate surface area is 152 Å². The van der Waals surface area contributed by atoms with Gasteiger partial charge in [0.15, 0.2) is 5.76 Å². The lowest BCUT2D eigenvalue weighted by Gasteiger charge is -2.04. The van der Waals surface area contributed by atoms with Gasteiger partial charge in [-0.15, -0.1) is 0 Å². The number of rotatable bonds is 5. The highest BCUT2D eigenvalue weighted by Gasteiger charge is 2.12. The molecule has 132 valence electrons. The Hall–Kier alpha value is -3.34. The maximum Gasteiger partial charge on any atom is 0.291 e. The van der Waals surface area contributed by atoms with Crippen molar-refractivity contribution < 1.29 is 14.0 Å². The molecule has 0 saturated heterocycles. The fraction of sp³-hybridized carbons (Fsp3) is 0.143. The van der Waals surface area contributed by atoms with Crippen molar-refractivity contribution in [2.45, 2.75) is 20.4 Å². The van der Waals surface area contributed by atoms with Gasteiger partial charge in [-0.25, -0.2) is 0 Å². The average Bonchev–Trinajstić information content (AvgIpc) is 3.11. The van der Waals surface area contributed by atoms with Crippen LogP contribution in [0.3, 0.4) is 0 Å². The smallest absolute Gasteiger partial charge is 0.291 e. The first kappa shape index (κ1) is 17.5. The zero-order valence-electron chi connectivity index (χ0n) is 14.7. The number of amides is 2. The molecule has 0 aliphatic carbocycles. The van der Waals surface area contributed by atoms with Gasteiger partial charge in [-0.3, -0.25) is 9.59 Å². The monoisotopic (exact) mass is 348 g/mol. The zero-order chi connectivity index (χ0) is 18.5. The summed E-state index contributed by atoms with van der Waals surface area (Å²) in [6.45, 7) is 4.16. The number of anilines is 1. The van der Waals surface area contributed by atoms with E-state index in [1.165, 1.54) is 0 Å². The largest absolute Gasteiger partial charge is 0.454 e. The number of benzene rings is 2. The maximum atomic E-state index is 12.2. The molecule has 0 spiro atoms. The number of hydrogen-bond donors (Lipinski definition) is 2. The molecule has 1 aromatic heterocycles. The molecule has 3 aromatic rings. The average molecular weight is 348 g/mol. The molecule has 1 heterocycles. The Balaban J connectivity index is 1.57. The summed E-state index contributed by atoms with van der Waals surface area (Å²) in [5.74, 6) is 0.196. The standard InChI is InChI=1S/C21H20N2O3/c1-14-3-7-16(8-4-14)20(24)22-13-18-11-12-19(26-18)21(25)23-17-9-5-15(2)6-10-17/h3-12H,13H2,1-2H3,(H,22,24)(H,23,25). The predicted octanol–water partition coefficient (Wildman–Crippen LogP) is 4.08. The van der Waals surface area contributed by atoms with Crippen LogP contribution in [0.1, 0.15) is 37.8 Å². The van der Waals surface area contributed by atoms with Gasteiger partial charge in [0.2, 0.25) is 0 Å². The van der Waals surface area contributed by atoms with Crippen LogP contribution in [-0.4, -0.2) is 11.8 Å². The van der Waals surface area contributed by atoms with E-state index in [-0.39, 0.29) is 24.1 Å². The molecule has 0 radical (unpaired) electrons. The Kier molecular flexibility index (Phi) is 5.17. The number of carbonyl (C=O) groups is 2. The fourth-order valence-corrected chi connectivity index (χ4v) is 2.40. The van der Waals surface area contributed by atoms with Crippen LogP contribution in [-0.2, 0) is 6.54 Å². The molecule has 26 heavy (non-hydrogen) atoms. The van der Waals surface area contributed by atoms with Crippen molar-refractivity contribution in [2.24, 2.45) is 0 Å². The molecule has 3 rings (SSSR count). The fourth-order valence-electron chi connectivity index (χ4n) is 2.40. The summed E-state index contributed by atoms with van der Waals surface area (Å²) in [5, 5.41) is 5.55. The molecule has 0 unspecified atom stereocenters. The highest BCUT2D eigenvalue weighted by Crippen LogP contribution is 2.13. The van der Waals surface area contributed by atoms with Crippen molar-refractivity contribution in [1.29, 1.82) is 0 Å². The molecule has 2 N–H and O–H groups in total. The summed E-state index contributed by atoms with van der Waals surface area (Å²) in [4.78, 5) is 24.3. The third-order valence-electron chi connectivity index (χ3n) is 3.93. The highest BCUT2D eigenvalue weighted by atomic mass is 16.4. The number of aryl methyl sites for hydroxylation is 2. The first-order valence-corrected chi connectivity index (χ1v) is 8.33. The lowest BCUT2D eigenvalue weighted by atomic mass is 10.1. The number of hydrogen-bond acceptors (Lipinski definition) is 3. The van der Waals surface area contributed by atoms with E-state index in [0.717, 1.165) is 11.1 Å². The van der Waals surface area contributed by atoms with Crippen LogP contribution in [0.4, 0.5) is 5.69 Å². The molecule has 0 bridgehead atoms. The lowest BCUT2D eigenvalue weighted by molar-refractivity contribution is 0.0948. The third-order valence-corrected chi connectivity index (χ3v) is 3.93. The van der Waals surface area contributed by atoms with E-state index in [1.54, 1.807) is 24.3 Å². The Morgan fingerprint density at radius 1 is 0.808 bits per heavy atom. The molecule has 2 amide bonds. The summed E-state index contributed by atoms with van der Waals surface area (Å²) in [7, 11) is 0. The second-order valence-electron chi connectivity index (χ2n) is 6.13. The molecular formula is C21H20N2O3. The molecule has 5 heteroatoms. The molecule has 0 aliphatic rings. The van der Waals surface area contributed by atoms with Crippen molar-refractivity contribution in [2.75, 3.05) is 5.32 Å². The van der Waals surface area contributed by atoms with Gasteiger partial charge < -0.3 is 15.1 Å². The summed E-state index contributed by atoms with van der Waals surface area (Å²) in [6.07, 6.45) is 0. The van der Waals surface area contributed by atoms with Crippen LogP contribution in [0.15, 0.2) is 65.1 Å². The van der Waals surface area contributed by atoms with Crippen LogP contribution in [0.2, 0.25) is 0 Å². The molecule has 0 aliphatic heterocycles. The van der Waals surface area contributed by atoms with Crippen molar-refractivity contribution in [3.63, 3.8) is 0 Å². The highest BCUT2D eigenvalue weighted by molar-refractivity contribution is 6.02. The number of furan rings is 1. The molecule has 5 nitrogen and oxygen atoms in total.